The van der Waals surface area contributed by atoms with E-state index in [0.29, 0.717) is 0 Å². The summed E-state index contributed by atoms with van der Waals surface area (Å²) in [5.74, 6) is -1.16. The first-order valence-corrected chi connectivity index (χ1v) is 5.99. The van der Waals surface area contributed by atoms with Gasteiger partial charge in [-0.15, -0.1) is 0 Å². The van der Waals surface area contributed by atoms with Crippen LogP contribution in [-0.2, 0) is 9.53 Å². The summed E-state index contributed by atoms with van der Waals surface area (Å²) in [6.07, 6.45) is 0. The number of benzene rings is 1. The lowest BCUT2D eigenvalue weighted by Gasteiger charge is -2.21. The van der Waals surface area contributed by atoms with Crippen molar-refractivity contribution in [3.63, 3.8) is 0 Å². The number of aromatic hydroxyl groups is 1. The Hall–Kier alpha value is -2.04. The zero-order valence-electron chi connectivity index (χ0n) is 11.6. The van der Waals surface area contributed by atoms with Crippen LogP contribution >= 0.6 is 0 Å². The fourth-order valence-electron chi connectivity index (χ4n) is 1.80. The molecule has 0 bridgehead atoms. The molecule has 1 rings (SSSR count). The fraction of sp³-hybridized carbons (Fsp3) is 0.429. The molecular weight excluding hydrogens is 246 g/mol. The van der Waals surface area contributed by atoms with Crippen LogP contribution in [0.5, 0.6) is 5.75 Å². The Kier molecular flexibility index (Phi) is 4.92. The summed E-state index contributed by atoms with van der Waals surface area (Å²) >= 11 is 0. The first kappa shape index (κ1) is 15.0. The van der Waals surface area contributed by atoms with Gasteiger partial charge in [0.05, 0.1) is 18.6 Å². The minimum Gasteiger partial charge on any atom is -0.507 e. The van der Waals surface area contributed by atoms with Crippen molar-refractivity contribution in [3.05, 3.63) is 29.3 Å². The summed E-state index contributed by atoms with van der Waals surface area (Å²) in [5.41, 5.74) is 1.12. The van der Waals surface area contributed by atoms with Crippen LogP contribution < -0.4 is 0 Å². The Morgan fingerprint density at radius 2 is 2.05 bits per heavy atom. The van der Waals surface area contributed by atoms with Crippen molar-refractivity contribution in [1.29, 1.82) is 0 Å². The number of hydrogen-bond acceptors (Lipinski definition) is 4. The van der Waals surface area contributed by atoms with Crippen molar-refractivity contribution >= 4 is 11.9 Å². The van der Waals surface area contributed by atoms with Crippen LogP contribution in [0.15, 0.2) is 18.2 Å². The van der Waals surface area contributed by atoms with Crippen molar-refractivity contribution in [2.24, 2.45) is 5.92 Å². The lowest BCUT2D eigenvalue weighted by Crippen LogP contribution is -2.34. The van der Waals surface area contributed by atoms with Crippen LogP contribution in [0.1, 0.15) is 22.8 Å². The number of ether oxygens (including phenoxy) is 1. The van der Waals surface area contributed by atoms with Crippen LogP contribution in [0.25, 0.3) is 0 Å². The number of hydrogen-bond donors (Lipinski definition) is 1. The van der Waals surface area contributed by atoms with E-state index in [-0.39, 0.29) is 29.7 Å². The summed E-state index contributed by atoms with van der Waals surface area (Å²) in [7, 11) is 2.90. The van der Waals surface area contributed by atoms with Crippen LogP contribution in [0, 0.1) is 12.8 Å². The predicted octanol–water partition coefficient (Wildman–Crippen LogP) is 1.58. The molecule has 104 valence electrons. The maximum absolute atomic E-state index is 12.2. The van der Waals surface area contributed by atoms with E-state index in [9.17, 15) is 14.7 Å². The van der Waals surface area contributed by atoms with Gasteiger partial charge >= 0.3 is 5.97 Å². The quantitative estimate of drug-likeness (QED) is 0.839. The van der Waals surface area contributed by atoms with Gasteiger partial charge < -0.3 is 14.7 Å². The number of carbonyl (C=O) groups is 2. The zero-order valence-corrected chi connectivity index (χ0v) is 11.6. The van der Waals surface area contributed by atoms with E-state index in [1.165, 1.54) is 18.1 Å². The molecule has 0 saturated heterocycles. The molecule has 1 amide bonds. The second-order valence-electron chi connectivity index (χ2n) is 4.63. The molecule has 0 radical (unpaired) electrons. The lowest BCUT2D eigenvalue weighted by molar-refractivity contribution is -0.145. The highest BCUT2D eigenvalue weighted by Crippen LogP contribution is 2.20. The van der Waals surface area contributed by atoms with Gasteiger partial charge in [0.25, 0.3) is 5.91 Å². The molecule has 0 saturated carbocycles. The number of aryl methyl sites for hydroxylation is 1. The van der Waals surface area contributed by atoms with Crippen molar-refractivity contribution in [3.8, 4) is 5.75 Å². The third kappa shape index (κ3) is 3.71. The summed E-state index contributed by atoms with van der Waals surface area (Å²) in [4.78, 5) is 24.9. The Balaban J connectivity index is 2.82. The van der Waals surface area contributed by atoms with Gasteiger partial charge in [-0.1, -0.05) is 18.6 Å². The average Bonchev–Trinajstić information content (AvgIpc) is 2.39. The number of rotatable bonds is 4. The molecule has 1 atom stereocenters. The average molecular weight is 265 g/mol. The molecule has 0 aromatic heterocycles. The van der Waals surface area contributed by atoms with Crippen LogP contribution in [0.3, 0.4) is 0 Å². The summed E-state index contributed by atoms with van der Waals surface area (Å²) in [5, 5.41) is 9.70. The summed E-state index contributed by atoms with van der Waals surface area (Å²) < 4.78 is 4.61. The van der Waals surface area contributed by atoms with Gasteiger partial charge in [-0.25, -0.2) is 0 Å². The first-order chi connectivity index (χ1) is 8.86. The van der Waals surface area contributed by atoms with Crippen molar-refractivity contribution in [2.45, 2.75) is 13.8 Å². The largest absolute Gasteiger partial charge is 0.507 e. The highest BCUT2D eigenvalue weighted by atomic mass is 16.5. The molecule has 0 aliphatic rings. The van der Waals surface area contributed by atoms with E-state index in [1.54, 1.807) is 26.1 Å². The van der Waals surface area contributed by atoms with Crippen LogP contribution in [0.2, 0.25) is 0 Å². The highest BCUT2D eigenvalue weighted by molar-refractivity contribution is 5.97. The zero-order chi connectivity index (χ0) is 14.6. The summed E-state index contributed by atoms with van der Waals surface area (Å²) in [6, 6.07) is 4.83. The lowest BCUT2D eigenvalue weighted by atomic mass is 10.1. The molecule has 1 aromatic rings. The van der Waals surface area contributed by atoms with E-state index in [2.05, 4.69) is 4.74 Å². The maximum Gasteiger partial charge on any atom is 0.310 e. The maximum atomic E-state index is 12.2. The molecule has 0 aliphatic heterocycles. The highest BCUT2D eigenvalue weighted by Gasteiger charge is 2.21. The number of carbonyl (C=O) groups excluding carboxylic acids is 2. The van der Waals surface area contributed by atoms with Gasteiger partial charge in [0.2, 0.25) is 0 Å². The van der Waals surface area contributed by atoms with Crippen molar-refractivity contribution in [2.75, 3.05) is 20.7 Å². The predicted molar refractivity (Wildman–Crippen MR) is 71.0 cm³/mol. The Morgan fingerprint density at radius 1 is 1.42 bits per heavy atom. The number of methoxy groups -OCH3 is 1. The second-order valence-corrected chi connectivity index (χ2v) is 4.63. The van der Waals surface area contributed by atoms with Crippen molar-refractivity contribution in [1.82, 2.24) is 4.90 Å². The molecule has 0 heterocycles. The van der Waals surface area contributed by atoms with Gasteiger partial charge in [0, 0.05) is 13.6 Å². The minimum absolute atomic E-state index is 0.0619. The molecule has 5 heteroatoms. The number of nitrogens with zero attached hydrogens (tertiary/aromatic N) is 1. The number of phenols is 1. The van der Waals surface area contributed by atoms with E-state index in [1.807, 2.05) is 6.92 Å². The van der Waals surface area contributed by atoms with Gasteiger partial charge in [0.15, 0.2) is 0 Å². The van der Waals surface area contributed by atoms with Gasteiger partial charge in [0.1, 0.15) is 5.75 Å². The molecule has 0 spiro atoms. The topological polar surface area (TPSA) is 66.8 Å². The monoisotopic (exact) mass is 265 g/mol. The van der Waals surface area contributed by atoms with E-state index < -0.39 is 5.92 Å². The third-order valence-electron chi connectivity index (χ3n) is 2.88. The molecule has 19 heavy (non-hydrogen) atoms. The molecule has 0 fully saturated rings. The molecule has 1 unspecified atom stereocenters. The molecule has 5 nitrogen and oxygen atoms in total. The number of phenolic OH excluding ortho intramolecular Hbond substituents is 1. The number of esters is 1. The van der Waals surface area contributed by atoms with Gasteiger partial charge in [-0.3, -0.25) is 9.59 Å². The normalized spacial score (nSPS) is 11.8. The first-order valence-electron chi connectivity index (χ1n) is 5.99. The Bertz CT molecular complexity index is 484. The summed E-state index contributed by atoms with van der Waals surface area (Å²) in [6.45, 7) is 3.76. The van der Waals surface area contributed by atoms with E-state index in [0.717, 1.165) is 5.56 Å². The van der Waals surface area contributed by atoms with E-state index in [4.69, 9.17) is 0 Å². The minimum atomic E-state index is -0.411. The Labute approximate surface area is 112 Å². The Morgan fingerprint density at radius 3 is 2.63 bits per heavy atom. The third-order valence-corrected chi connectivity index (χ3v) is 2.88. The van der Waals surface area contributed by atoms with Crippen molar-refractivity contribution < 1.29 is 19.4 Å². The molecule has 1 aromatic carbocycles. The number of amides is 1. The van der Waals surface area contributed by atoms with E-state index >= 15 is 0 Å². The van der Waals surface area contributed by atoms with Gasteiger partial charge in [-0.05, 0) is 19.1 Å². The molecule has 0 aliphatic carbocycles. The smallest absolute Gasteiger partial charge is 0.310 e. The molecular formula is C14H19NO4. The van der Waals surface area contributed by atoms with Crippen LogP contribution in [0.4, 0.5) is 0 Å². The molecule has 1 N–H and O–H groups in total. The standard InChI is InChI=1S/C14H19NO4/c1-9-5-6-12(16)11(7-9)13(17)15(3)8-10(2)14(18)19-4/h5-7,10,16H,8H2,1-4H3. The van der Waals surface area contributed by atoms with Gasteiger partial charge in [-0.2, -0.15) is 0 Å². The second kappa shape index (κ2) is 6.22. The van der Waals surface area contributed by atoms with Crippen LogP contribution in [-0.4, -0.2) is 42.6 Å². The SMILES string of the molecule is COC(=O)C(C)CN(C)C(=O)c1cc(C)ccc1O. The fourth-order valence-corrected chi connectivity index (χ4v) is 1.80.